The van der Waals surface area contributed by atoms with Crippen LogP contribution in [0.25, 0.3) is 0 Å². The number of carbonyl (C=O) groups excluding carboxylic acids is 1. The molecule has 1 amide bonds. The number of nitrogen functional groups attached to an aromatic ring is 1. The van der Waals surface area contributed by atoms with E-state index in [9.17, 15) is 4.79 Å². The summed E-state index contributed by atoms with van der Waals surface area (Å²) in [4.78, 5) is 22.8. The van der Waals surface area contributed by atoms with Gasteiger partial charge in [-0.2, -0.15) is 9.97 Å². The fourth-order valence-corrected chi connectivity index (χ4v) is 3.93. The average Bonchev–Trinajstić information content (AvgIpc) is 2.63. The van der Waals surface area contributed by atoms with Crippen molar-refractivity contribution in [2.45, 2.75) is 65.8 Å². The normalized spacial score (nSPS) is 22.3. The van der Waals surface area contributed by atoms with E-state index in [1.54, 1.807) is 6.92 Å². The largest absolute Gasteiger partial charge is 0.442 e. The van der Waals surface area contributed by atoms with Crippen molar-refractivity contribution >= 4 is 11.6 Å². The molecule has 7 nitrogen and oxygen atoms in total. The highest BCUT2D eigenvalue weighted by atomic mass is 16.5. The molecule has 156 valence electrons. The summed E-state index contributed by atoms with van der Waals surface area (Å²) in [6.07, 6.45) is 1.51. The van der Waals surface area contributed by atoms with Crippen LogP contribution in [0.5, 0.6) is 6.01 Å². The first-order valence-electron chi connectivity index (χ1n) is 10.0. The second-order valence-electron chi connectivity index (χ2n) is 8.11. The van der Waals surface area contributed by atoms with Crippen molar-refractivity contribution in [3.05, 3.63) is 46.8 Å². The van der Waals surface area contributed by atoms with Gasteiger partial charge in [-0.25, -0.2) is 0 Å². The number of aryl methyl sites for hydroxylation is 3. The van der Waals surface area contributed by atoms with Gasteiger partial charge in [-0.1, -0.05) is 24.3 Å². The Hall–Kier alpha value is -2.67. The molecule has 7 heteroatoms. The fourth-order valence-electron chi connectivity index (χ4n) is 3.93. The van der Waals surface area contributed by atoms with E-state index in [0.717, 1.165) is 19.5 Å². The fraction of sp³-hybridized carbons (Fsp3) is 0.500. The van der Waals surface area contributed by atoms with Gasteiger partial charge in [0.2, 0.25) is 5.91 Å². The van der Waals surface area contributed by atoms with Crippen molar-refractivity contribution in [3.63, 3.8) is 0 Å². The number of nitrogens with one attached hydrogen (secondary N) is 1. The Morgan fingerprint density at radius 3 is 2.55 bits per heavy atom. The number of piperidine rings is 1. The molecule has 1 aliphatic rings. The van der Waals surface area contributed by atoms with E-state index < -0.39 is 5.72 Å². The zero-order chi connectivity index (χ0) is 21.2. The number of carbonyl (C=O) groups is 1. The van der Waals surface area contributed by atoms with Crippen LogP contribution in [-0.4, -0.2) is 39.1 Å². The maximum absolute atomic E-state index is 11.6. The molecular weight excluding hydrogens is 366 g/mol. The van der Waals surface area contributed by atoms with Gasteiger partial charge in [-0.15, -0.1) is 0 Å². The minimum atomic E-state index is -0.664. The number of nitrogens with zero attached hydrogens (tertiary/aromatic N) is 3. The van der Waals surface area contributed by atoms with Crippen LogP contribution in [0, 0.1) is 20.8 Å². The molecule has 0 aliphatic carbocycles. The molecule has 2 atom stereocenters. The van der Waals surface area contributed by atoms with E-state index >= 15 is 0 Å². The number of benzene rings is 1. The number of anilines is 1. The third-order valence-electron chi connectivity index (χ3n) is 5.69. The molecule has 1 fully saturated rings. The van der Waals surface area contributed by atoms with E-state index in [1.165, 1.54) is 11.1 Å². The SMILES string of the molecule is CC(=O)NC1CCN(Cc2ccccc2C)C(C)(Oc2nc(C)c(N)c(C)n2)C1. The lowest BCUT2D eigenvalue weighted by atomic mass is 9.93. The molecule has 0 radical (unpaired) electrons. The van der Waals surface area contributed by atoms with E-state index in [4.69, 9.17) is 10.5 Å². The highest BCUT2D eigenvalue weighted by molar-refractivity contribution is 5.73. The topological polar surface area (TPSA) is 93.4 Å². The summed E-state index contributed by atoms with van der Waals surface area (Å²) in [5, 5.41) is 3.04. The van der Waals surface area contributed by atoms with Gasteiger partial charge in [-0.3, -0.25) is 9.69 Å². The second-order valence-corrected chi connectivity index (χ2v) is 8.11. The summed E-state index contributed by atoms with van der Waals surface area (Å²) >= 11 is 0. The smallest absolute Gasteiger partial charge is 0.318 e. The van der Waals surface area contributed by atoms with Gasteiger partial charge in [0.1, 0.15) is 0 Å². The van der Waals surface area contributed by atoms with Crippen LogP contribution < -0.4 is 15.8 Å². The number of hydrogen-bond donors (Lipinski definition) is 2. The number of aromatic nitrogens is 2. The molecule has 1 aromatic heterocycles. The first-order valence-corrected chi connectivity index (χ1v) is 10.0. The molecule has 0 bridgehead atoms. The maximum atomic E-state index is 11.6. The van der Waals surface area contributed by atoms with Crippen molar-refractivity contribution in [2.75, 3.05) is 12.3 Å². The molecular formula is C22H31N5O2. The standard InChI is InChI=1S/C22H31N5O2/c1-14-8-6-7-9-18(14)13-27-11-10-19(26-17(4)28)12-22(27,5)29-21-24-15(2)20(23)16(3)25-21/h6-9,19H,10-13,23H2,1-5H3,(H,26,28). The summed E-state index contributed by atoms with van der Waals surface area (Å²) < 4.78 is 6.39. The van der Waals surface area contributed by atoms with Crippen LogP contribution in [0.3, 0.4) is 0 Å². The van der Waals surface area contributed by atoms with Crippen LogP contribution in [0.1, 0.15) is 49.2 Å². The Labute approximate surface area is 172 Å². The quantitative estimate of drug-likeness (QED) is 0.806. The minimum absolute atomic E-state index is 0.0277. The van der Waals surface area contributed by atoms with Crippen LogP contribution in [0.2, 0.25) is 0 Å². The van der Waals surface area contributed by atoms with Gasteiger partial charge >= 0.3 is 6.01 Å². The van der Waals surface area contributed by atoms with E-state index in [0.29, 0.717) is 29.5 Å². The predicted molar refractivity (Wildman–Crippen MR) is 113 cm³/mol. The van der Waals surface area contributed by atoms with Crippen LogP contribution in [0.15, 0.2) is 24.3 Å². The average molecular weight is 398 g/mol. The summed E-state index contributed by atoms with van der Waals surface area (Å²) in [6, 6.07) is 8.72. The van der Waals surface area contributed by atoms with Crippen molar-refractivity contribution < 1.29 is 9.53 Å². The first kappa shape index (κ1) is 21.0. The van der Waals surface area contributed by atoms with Crippen molar-refractivity contribution in [3.8, 4) is 6.01 Å². The van der Waals surface area contributed by atoms with Gasteiger partial charge in [0.25, 0.3) is 0 Å². The maximum Gasteiger partial charge on any atom is 0.318 e. The zero-order valence-corrected chi connectivity index (χ0v) is 18.0. The molecule has 1 aromatic carbocycles. The Morgan fingerprint density at radius 1 is 1.28 bits per heavy atom. The Morgan fingerprint density at radius 2 is 1.93 bits per heavy atom. The molecule has 0 spiro atoms. The molecule has 1 saturated heterocycles. The van der Waals surface area contributed by atoms with Gasteiger partial charge in [0.05, 0.1) is 17.1 Å². The second kappa shape index (κ2) is 8.37. The van der Waals surface area contributed by atoms with Crippen molar-refractivity contribution in [1.29, 1.82) is 0 Å². The third kappa shape index (κ3) is 4.85. The highest BCUT2D eigenvalue weighted by Crippen LogP contribution is 2.32. The third-order valence-corrected chi connectivity index (χ3v) is 5.69. The molecule has 2 aromatic rings. The molecule has 0 saturated carbocycles. The van der Waals surface area contributed by atoms with Gasteiger partial charge in [0, 0.05) is 32.5 Å². The van der Waals surface area contributed by atoms with Gasteiger partial charge in [0.15, 0.2) is 5.72 Å². The molecule has 1 aliphatic heterocycles. The van der Waals surface area contributed by atoms with Crippen molar-refractivity contribution in [2.24, 2.45) is 0 Å². The van der Waals surface area contributed by atoms with Crippen LogP contribution >= 0.6 is 0 Å². The molecule has 2 unspecified atom stereocenters. The van der Waals surface area contributed by atoms with E-state index in [-0.39, 0.29) is 11.9 Å². The lowest BCUT2D eigenvalue weighted by molar-refractivity contribution is -0.127. The molecule has 2 heterocycles. The number of ether oxygens (including phenoxy) is 1. The summed E-state index contributed by atoms with van der Waals surface area (Å²) in [6.45, 7) is 11.0. The monoisotopic (exact) mass is 397 g/mol. The molecule has 3 N–H and O–H groups in total. The summed E-state index contributed by atoms with van der Waals surface area (Å²) in [5.41, 5.74) is 9.83. The lowest BCUT2D eigenvalue weighted by Gasteiger charge is -2.46. The summed E-state index contributed by atoms with van der Waals surface area (Å²) in [7, 11) is 0. The van der Waals surface area contributed by atoms with Crippen LogP contribution in [0.4, 0.5) is 5.69 Å². The number of nitrogens with two attached hydrogens (primary N) is 1. The first-order chi connectivity index (χ1) is 13.7. The number of rotatable bonds is 5. The van der Waals surface area contributed by atoms with E-state index in [2.05, 4.69) is 45.3 Å². The van der Waals surface area contributed by atoms with E-state index in [1.807, 2.05) is 26.8 Å². The van der Waals surface area contributed by atoms with Gasteiger partial charge in [-0.05, 0) is 45.2 Å². The number of amides is 1. The molecule has 29 heavy (non-hydrogen) atoms. The Bertz CT molecular complexity index is 878. The van der Waals surface area contributed by atoms with Crippen molar-refractivity contribution in [1.82, 2.24) is 20.2 Å². The lowest BCUT2D eigenvalue weighted by Crippen LogP contribution is -2.59. The van der Waals surface area contributed by atoms with Crippen LogP contribution in [-0.2, 0) is 11.3 Å². The predicted octanol–water partition coefficient (Wildman–Crippen LogP) is 2.88. The summed E-state index contributed by atoms with van der Waals surface area (Å²) in [5.74, 6) is -0.0277. The number of hydrogen-bond acceptors (Lipinski definition) is 6. The van der Waals surface area contributed by atoms with Gasteiger partial charge < -0.3 is 15.8 Å². The Balaban J connectivity index is 1.90. The zero-order valence-electron chi connectivity index (χ0n) is 18.0. The number of likely N-dealkylation sites (tertiary alicyclic amines) is 1. The highest BCUT2D eigenvalue weighted by Gasteiger charge is 2.42. The molecule has 3 rings (SSSR count). The Kier molecular flexibility index (Phi) is 6.07. The minimum Gasteiger partial charge on any atom is -0.442 e.